The van der Waals surface area contributed by atoms with Gasteiger partial charge in [-0.15, -0.1) is 0 Å². The molecule has 6 heteroatoms. The summed E-state index contributed by atoms with van der Waals surface area (Å²) in [7, 11) is 0. The van der Waals surface area contributed by atoms with E-state index in [2.05, 4.69) is 43.5 Å². The van der Waals surface area contributed by atoms with Crippen molar-refractivity contribution < 1.29 is 24.5 Å². The lowest BCUT2D eigenvalue weighted by Crippen LogP contribution is -2.45. The van der Waals surface area contributed by atoms with Gasteiger partial charge in [-0.1, -0.05) is 307 Å². The number of unbranched alkanes of at least 4 members (excludes halogenated alkanes) is 45. The molecule has 1 amide bonds. The zero-order valence-electron chi connectivity index (χ0n) is 48.4. The molecule has 0 radical (unpaired) electrons. The Morgan fingerprint density at radius 3 is 1.08 bits per heavy atom. The predicted octanol–water partition coefficient (Wildman–Crippen LogP) is 20.4. The van der Waals surface area contributed by atoms with Gasteiger partial charge < -0.3 is 20.3 Å². The van der Waals surface area contributed by atoms with Crippen LogP contribution in [0.1, 0.15) is 348 Å². The number of carbonyl (C=O) groups is 2. The first-order valence-electron chi connectivity index (χ1n) is 32.3. The van der Waals surface area contributed by atoms with Gasteiger partial charge in [-0.3, -0.25) is 9.59 Å². The smallest absolute Gasteiger partial charge is 0.305 e. The molecule has 0 aromatic heterocycles. The van der Waals surface area contributed by atoms with Crippen LogP contribution in [0.25, 0.3) is 0 Å². The van der Waals surface area contributed by atoms with Gasteiger partial charge in [-0.05, 0) is 64.2 Å². The second-order valence-corrected chi connectivity index (χ2v) is 22.1. The van der Waals surface area contributed by atoms with Crippen LogP contribution in [0.2, 0.25) is 0 Å². The van der Waals surface area contributed by atoms with Crippen LogP contribution in [0.15, 0.2) is 36.5 Å². The fraction of sp³-hybridized carbons (Fsp3) is 0.879. The summed E-state index contributed by atoms with van der Waals surface area (Å²) in [6.07, 6.45) is 77.8. The maximum atomic E-state index is 12.4. The number of aliphatic hydroxyl groups excluding tert-OH is 2. The Bertz CT molecular complexity index is 1170. The summed E-state index contributed by atoms with van der Waals surface area (Å²) in [5, 5.41) is 23.0. The molecule has 72 heavy (non-hydrogen) atoms. The minimum atomic E-state index is -0.840. The van der Waals surface area contributed by atoms with E-state index in [1.165, 1.54) is 270 Å². The quantitative estimate of drug-likeness (QED) is 0.0320. The molecular weight excluding hydrogens is 887 g/mol. The Morgan fingerprint density at radius 2 is 0.694 bits per heavy atom. The molecule has 0 saturated heterocycles. The molecule has 0 saturated carbocycles. The van der Waals surface area contributed by atoms with Gasteiger partial charge in [0.2, 0.25) is 5.91 Å². The molecule has 0 aliphatic heterocycles. The van der Waals surface area contributed by atoms with E-state index in [0.717, 1.165) is 51.4 Å². The van der Waals surface area contributed by atoms with Crippen LogP contribution in [0.3, 0.4) is 0 Å². The van der Waals surface area contributed by atoms with Crippen LogP contribution < -0.4 is 5.32 Å². The molecule has 3 N–H and O–H groups in total. The molecule has 0 bridgehead atoms. The molecule has 2 unspecified atom stereocenters. The first-order valence-corrected chi connectivity index (χ1v) is 32.3. The third-order valence-corrected chi connectivity index (χ3v) is 14.9. The van der Waals surface area contributed by atoms with Gasteiger partial charge in [0.1, 0.15) is 0 Å². The lowest BCUT2D eigenvalue weighted by atomic mass is 10.0. The molecule has 0 aliphatic rings. The summed E-state index contributed by atoms with van der Waals surface area (Å²) < 4.78 is 5.48. The van der Waals surface area contributed by atoms with E-state index in [9.17, 15) is 19.8 Å². The zero-order chi connectivity index (χ0) is 52.2. The van der Waals surface area contributed by atoms with Crippen LogP contribution in [0, 0.1) is 0 Å². The van der Waals surface area contributed by atoms with Gasteiger partial charge in [0.05, 0.1) is 25.4 Å². The van der Waals surface area contributed by atoms with E-state index in [1.807, 2.05) is 6.08 Å². The normalized spacial score (nSPS) is 12.8. The molecule has 0 heterocycles. The van der Waals surface area contributed by atoms with E-state index in [0.29, 0.717) is 19.4 Å². The minimum Gasteiger partial charge on any atom is -0.466 e. The van der Waals surface area contributed by atoms with Gasteiger partial charge in [-0.2, -0.15) is 0 Å². The summed E-state index contributed by atoms with van der Waals surface area (Å²) in [5.41, 5.74) is 0. The summed E-state index contributed by atoms with van der Waals surface area (Å²) in [5.74, 6) is -0.0599. The van der Waals surface area contributed by atoms with Crippen molar-refractivity contribution in [1.82, 2.24) is 5.32 Å². The van der Waals surface area contributed by atoms with E-state index in [1.54, 1.807) is 6.08 Å². The summed E-state index contributed by atoms with van der Waals surface area (Å²) >= 11 is 0. The van der Waals surface area contributed by atoms with Crippen molar-refractivity contribution in [3.8, 4) is 0 Å². The maximum absolute atomic E-state index is 12.4. The highest BCUT2D eigenvalue weighted by Gasteiger charge is 2.18. The van der Waals surface area contributed by atoms with Crippen LogP contribution in [-0.2, 0) is 14.3 Å². The lowest BCUT2D eigenvalue weighted by Gasteiger charge is -2.20. The molecule has 0 rings (SSSR count). The van der Waals surface area contributed by atoms with Gasteiger partial charge in [-0.25, -0.2) is 0 Å². The second kappa shape index (κ2) is 61.6. The summed E-state index contributed by atoms with van der Waals surface area (Å²) in [4.78, 5) is 24.5. The second-order valence-electron chi connectivity index (χ2n) is 22.1. The Kier molecular flexibility index (Phi) is 60.0. The molecule has 0 spiro atoms. The number of aliphatic hydroxyl groups is 2. The summed E-state index contributed by atoms with van der Waals surface area (Å²) in [6.45, 7) is 4.87. The van der Waals surface area contributed by atoms with E-state index in [-0.39, 0.29) is 18.5 Å². The van der Waals surface area contributed by atoms with Crippen LogP contribution in [0.4, 0.5) is 0 Å². The van der Waals surface area contributed by atoms with Crippen molar-refractivity contribution in [3.05, 3.63) is 36.5 Å². The molecular formula is C66H125NO5. The predicted molar refractivity (Wildman–Crippen MR) is 315 cm³/mol. The average molecular weight is 1010 g/mol. The van der Waals surface area contributed by atoms with Crippen molar-refractivity contribution in [2.75, 3.05) is 13.2 Å². The zero-order valence-corrected chi connectivity index (χ0v) is 48.4. The van der Waals surface area contributed by atoms with E-state index in [4.69, 9.17) is 4.74 Å². The number of allylic oxidation sites excluding steroid dienone is 5. The molecule has 0 aromatic carbocycles. The molecule has 424 valence electrons. The Labute approximate surface area is 449 Å². The van der Waals surface area contributed by atoms with Gasteiger partial charge in [0.25, 0.3) is 0 Å². The number of amides is 1. The van der Waals surface area contributed by atoms with Crippen molar-refractivity contribution in [3.63, 3.8) is 0 Å². The third-order valence-electron chi connectivity index (χ3n) is 14.9. The molecule has 2 atom stereocenters. The topological polar surface area (TPSA) is 95.9 Å². The van der Waals surface area contributed by atoms with Crippen molar-refractivity contribution in [2.45, 2.75) is 360 Å². The Hall–Kier alpha value is -1.92. The Morgan fingerprint density at radius 1 is 0.389 bits per heavy atom. The van der Waals surface area contributed by atoms with Crippen molar-refractivity contribution in [1.29, 1.82) is 0 Å². The van der Waals surface area contributed by atoms with Crippen LogP contribution in [-0.4, -0.2) is 47.4 Å². The lowest BCUT2D eigenvalue weighted by molar-refractivity contribution is -0.143. The fourth-order valence-electron chi connectivity index (χ4n) is 9.96. The van der Waals surface area contributed by atoms with Gasteiger partial charge >= 0.3 is 5.97 Å². The highest BCUT2D eigenvalue weighted by molar-refractivity contribution is 5.76. The molecule has 0 aliphatic carbocycles. The standard InChI is InChI=1S/C66H125NO5/c1-3-5-7-9-11-13-15-16-32-36-40-44-48-52-56-60-66(71)72-61-57-53-49-45-41-37-34-31-29-27-25-23-21-19-17-18-20-22-24-26-28-30-33-35-39-43-47-51-55-59-65(70)67-63(62-68)64(69)58-54-50-46-42-38-14-12-10-8-6-4-2/h11,13,16,32,54,58,63-64,68-69H,3-10,12,14-15,17-31,33-53,55-57,59-62H2,1-2H3,(H,67,70)/b13-11-,32-16-,58-54+. The number of esters is 1. The van der Waals surface area contributed by atoms with Gasteiger partial charge in [0.15, 0.2) is 0 Å². The first kappa shape index (κ1) is 70.1. The maximum Gasteiger partial charge on any atom is 0.305 e. The SMILES string of the molecule is CCCCC/C=C\C/C=C\CCCCCCCC(=O)OCCCCCCCCCCCCCCCCCCCCCCCCCCCCCCCC(=O)NC(CO)C(O)/C=C/CCCCCCCCCCC. The van der Waals surface area contributed by atoms with Gasteiger partial charge in [0, 0.05) is 12.8 Å². The molecule has 0 fully saturated rings. The highest BCUT2D eigenvalue weighted by atomic mass is 16.5. The fourth-order valence-corrected chi connectivity index (χ4v) is 9.96. The number of rotatable bonds is 60. The van der Waals surface area contributed by atoms with Crippen LogP contribution >= 0.6 is 0 Å². The van der Waals surface area contributed by atoms with Crippen molar-refractivity contribution >= 4 is 11.9 Å². The molecule has 0 aromatic rings. The highest BCUT2D eigenvalue weighted by Crippen LogP contribution is 2.18. The number of hydrogen-bond acceptors (Lipinski definition) is 5. The van der Waals surface area contributed by atoms with Crippen LogP contribution in [0.5, 0.6) is 0 Å². The van der Waals surface area contributed by atoms with E-state index >= 15 is 0 Å². The van der Waals surface area contributed by atoms with Crippen molar-refractivity contribution in [2.24, 2.45) is 0 Å². The molecule has 6 nitrogen and oxygen atoms in total. The third kappa shape index (κ3) is 57.4. The Balaban J connectivity index is 3.33. The first-order chi connectivity index (χ1) is 35.5. The minimum absolute atomic E-state index is 0.00504. The summed E-state index contributed by atoms with van der Waals surface area (Å²) in [6, 6.07) is -0.624. The monoisotopic (exact) mass is 1010 g/mol. The van der Waals surface area contributed by atoms with E-state index < -0.39 is 12.1 Å². The average Bonchev–Trinajstić information content (AvgIpc) is 3.38. The largest absolute Gasteiger partial charge is 0.466 e. The number of ether oxygens (including phenoxy) is 1. The number of nitrogens with one attached hydrogen (secondary N) is 1. The number of hydrogen-bond donors (Lipinski definition) is 3. The number of carbonyl (C=O) groups excluding carboxylic acids is 2.